The Morgan fingerprint density at radius 2 is 2.00 bits per heavy atom. The third-order valence-electron chi connectivity index (χ3n) is 0.522. The lowest BCUT2D eigenvalue weighted by molar-refractivity contribution is 0.197. The highest BCUT2D eigenvalue weighted by Crippen LogP contribution is 1.90. The Morgan fingerprint density at radius 1 is 1.50 bits per heavy atom. The molecule has 2 N–H and O–H groups in total. The second-order valence-corrected chi connectivity index (χ2v) is 2.65. The number of carbonyl (C=O) groups excluding carboxylic acids is 1. The van der Waals surface area contributed by atoms with E-state index in [-0.39, 0.29) is 0 Å². The van der Waals surface area contributed by atoms with Gasteiger partial charge in [-0.15, -0.1) is 0 Å². The summed E-state index contributed by atoms with van der Waals surface area (Å²) in [5, 5.41) is 7.91. The molecule has 0 atom stereocenters. The first-order valence-electron chi connectivity index (χ1n) is 2.33. The van der Waals surface area contributed by atoms with Gasteiger partial charge in [0.1, 0.15) is 0 Å². The standard InChI is InChI=1S/C3H4N2O6S/c1-4-3(8)11-12(9,10)5-2(6)7/h5H,1H2,(H,6,7). The van der Waals surface area contributed by atoms with Crippen LogP contribution in [0, 0.1) is 0 Å². The summed E-state index contributed by atoms with van der Waals surface area (Å²) in [6.45, 7) is 2.66. The lowest BCUT2D eigenvalue weighted by Gasteiger charge is -1.99. The Morgan fingerprint density at radius 3 is 2.33 bits per heavy atom. The van der Waals surface area contributed by atoms with E-state index in [0.717, 1.165) is 4.72 Å². The van der Waals surface area contributed by atoms with E-state index in [1.165, 1.54) is 0 Å². The van der Waals surface area contributed by atoms with Crippen LogP contribution in [0.15, 0.2) is 4.99 Å². The van der Waals surface area contributed by atoms with Crippen molar-refractivity contribution in [3.63, 3.8) is 0 Å². The number of carbonyl (C=O) groups is 2. The molecule has 0 fully saturated rings. The molecular weight excluding hydrogens is 192 g/mol. The summed E-state index contributed by atoms with van der Waals surface area (Å²) in [6, 6.07) is 0. The molecule has 68 valence electrons. The second kappa shape index (κ2) is 3.67. The molecule has 9 heteroatoms. The predicted molar refractivity (Wildman–Crippen MR) is 36.1 cm³/mol. The maximum Gasteiger partial charge on any atom is 0.449 e. The Labute approximate surface area is 67.1 Å². The predicted octanol–water partition coefficient (Wildman–Crippen LogP) is -0.664. The quantitative estimate of drug-likeness (QED) is 0.565. The van der Waals surface area contributed by atoms with E-state index < -0.39 is 22.5 Å². The van der Waals surface area contributed by atoms with Crippen LogP contribution in [0.4, 0.5) is 9.59 Å². The fourth-order valence-electron chi connectivity index (χ4n) is 0.248. The number of rotatable bonds is 2. The fourth-order valence-corrected chi connectivity index (χ4v) is 0.744. The molecule has 0 bridgehead atoms. The SMILES string of the molecule is C=NC(=O)OS(=O)(=O)NC(=O)O. The van der Waals surface area contributed by atoms with Gasteiger partial charge in [-0.1, -0.05) is 0 Å². The zero-order valence-corrected chi connectivity index (χ0v) is 6.37. The number of carboxylic acid groups (broad SMARTS) is 1. The molecule has 0 aliphatic carbocycles. The molecule has 0 unspecified atom stereocenters. The Bertz CT molecular complexity index is 305. The van der Waals surface area contributed by atoms with Gasteiger partial charge in [0, 0.05) is 0 Å². The Hall–Kier alpha value is -1.64. The van der Waals surface area contributed by atoms with Crippen molar-refractivity contribution >= 4 is 29.2 Å². The van der Waals surface area contributed by atoms with Crippen LogP contribution in [0.1, 0.15) is 0 Å². The third kappa shape index (κ3) is 4.22. The van der Waals surface area contributed by atoms with E-state index in [4.69, 9.17) is 5.11 Å². The van der Waals surface area contributed by atoms with Gasteiger partial charge in [0.15, 0.2) is 0 Å². The maximum atomic E-state index is 10.4. The summed E-state index contributed by atoms with van der Waals surface area (Å²) in [6.07, 6.45) is -3.38. The minimum absolute atomic E-state index is 0.942. The first kappa shape index (κ1) is 10.4. The summed E-state index contributed by atoms with van der Waals surface area (Å²) >= 11 is 0. The molecule has 0 aliphatic heterocycles. The summed E-state index contributed by atoms with van der Waals surface area (Å²) in [4.78, 5) is 22.5. The van der Waals surface area contributed by atoms with Crippen LogP contribution >= 0.6 is 0 Å². The van der Waals surface area contributed by atoms with Gasteiger partial charge < -0.3 is 9.29 Å². The molecule has 12 heavy (non-hydrogen) atoms. The lowest BCUT2D eigenvalue weighted by Crippen LogP contribution is -2.31. The number of nitrogens with zero attached hydrogens (tertiary/aromatic N) is 1. The molecule has 0 heterocycles. The Kier molecular flexibility index (Phi) is 3.16. The van der Waals surface area contributed by atoms with Gasteiger partial charge in [-0.05, 0) is 6.72 Å². The van der Waals surface area contributed by atoms with Gasteiger partial charge in [-0.25, -0.2) is 9.59 Å². The molecule has 0 aromatic heterocycles. The average molecular weight is 196 g/mol. The molecule has 2 amide bonds. The van der Waals surface area contributed by atoms with Gasteiger partial charge in [-0.2, -0.15) is 18.1 Å². The highest BCUT2D eigenvalue weighted by molar-refractivity contribution is 7.85. The number of hydrogen-bond donors (Lipinski definition) is 2. The fraction of sp³-hybridized carbons (Fsp3) is 0. The smallest absolute Gasteiger partial charge is 0.449 e. The molecule has 0 saturated heterocycles. The van der Waals surface area contributed by atoms with Crippen LogP contribution in [0.25, 0.3) is 0 Å². The minimum Gasteiger partial charge on any atom is -0.464 e. The van der Waals surface area contributed by atoms with E-state index >= 15 is 0 Å². The number of aliphatic imine (C=N–C) groups is 1. The largest absolute Gasteiger partial charge is 0.464 e. The molecule has 8 nitrogen and oxygen atoms in total. The average Bonchev–Trinajstić information content (AvgIpc) is 1.83. The van der Waals surface area contributed by atoms with Gasteiger partial charge >= 0.3 is 22.5 Å². The van der Waals surface area contributed by atoms with Crippen molar-refractivity contribution in [2.75, 3.05) is 0 Å². The maximum absolute atomic E-state index is 10.4. The highest BCUT2D eigenvalue weighted by Gasteiger charge is 2.18. The van der Waals surface area contributed by atoms with Crippen LogP contribution < -0.4 is 4.72 Å². The number of nitrogens with one attached hydrogen (secondary N) is 1. The first-order valence-corrected chi connectivity index (χ1v) is 3.74. The summed E-state index contributed by atoms with van der Waals surface area (Å²) in [5.74, 6) is 0. The second-order valence-electron chi connectivity index (χ2n) is 1.37. The zero-order chi connectivity index (χ0) is 9.78. The van der Waals surface area contributed by atoms with Crippen molar-refractivity contribution in [1.29, 1.82) is 0 Å². The third-order valence-corrected chi connectivity index (χ3v) is 1.31. The summed E-state index contributed by atoms with van der Waals surface area (Å²) in [5.41, 5.74) is 0. The van der Waals surface area contributed by atoms with E-state index in [1.807, 2.05) is 0 Å². The Balaban J connectivity index is 4.34. The number of hydrogen-bond acceptors (Lipinski definition) is 5. The van der Waals surface area contributed by atoms with Crippen LogP contribution in [0.2, 0.25) is 0 Å². The summed E-state index contributed by atoms with van der Waals surface area (Å²) in [7, 11) is -4.62. The minimum atomic E-state index is -4.62. The van der Waals surface area contributed by atoms with E-state index in [0.29, 0.717) is 0 Å². The van der Waals surface area contributed by atoms with Crippen molar-refractivity contribution in [2.45, 2.75) is 0 Å². The normalized spacial score (nSPS) is 10.0. The lowest BCUT2D eigenvalue weighted by atomic mass is 11.2. The van der Waals surface area contributed by atoms with E-state index in [2.05, 4.69) is 15.9 Å². The molecule has 0 radical (unpaired) electrons. The first-order chi connectivity index (χ1) is 5.37. The van der Waals surface area contributed by atoms with Crippen LogP contribution in [0.3, 0.4) is 0 Å². The van der Waals surface area contributed by atoms with Crippen LogP contribution in [-0.2, 0) is 14.5 Å². The van der Waals surface area contributed by atoms with Crippen molar-refractivity contribution in [3.8, 4) is 0 Å². The molecule has 0 aromatic carbocycles. The van der Waals surface area contributed by atoms with Gasteiger partial charge in [0.2, 0.25) is 0 Å². The molecule has 0 aromatic rings. The molecule has 0 saturated carbocycles. The van der Waals surface area contributed by atoms with Crippen molar-refractivity contribution in [2.24, 2.45) is 4.99 Å². The zero-order valence-electron chi connectivity index (χ0n) is 5.55. The van der Waals surface area contributed by atoms with Crippen molar-refractivity contribution in [1.82, 2.24) is 4.72 Å². The molecule has 0 spiro atoms. The highest BCUT2D eigenvalue weighted by atomic mass is 32.2. The topological polar surface area (TPSA) is 122 Å². The van der Waals surface area contributed by atoms with Crippen LogP contribution in [0.5, 0.6) is 0 Å². The van der Waals surface area contributed by atoms with Gasteiger partial charge in [-0.3, -0.25) is 0 Å². The number of amides is 2. The van der Waals surface area contributed by atoms with E-state index in [9.17, 15) is 18.0 Å². The monoisotopic (exact) mass is 196 g/mol. The summed E-state index contributed by atoms with van der Waals surface area (Å²) < 4.78 is 25.2. The van der Waals surface area contributed by atoms with Crippen LogP contribution in [-0.4, -0.2) is 32.4 Å². The van der Waals surface area contributed by atoms with Gasteiger partial charge in [0.25, 0.3) is 0 Å². The van der Waals surface area contributed by atoms with Crippen molar-refractivity contribution in [3.05, 3.63) is 0 Å². The molecule has 0 rings (SSSR count). The molecule has 0 aliphatic rings. The van der Waals surface area contributed by atoms with Gasteiger partial charge in [0.05, 0.1) is 0 Å². The molecular formula is C3H4N2O6S. The van der Waals surface area contributed by atoms with E-state index in [1.54, 1.807) is 0 Å². The van der Waals surface area contributed by atoms with Crippen molar-refractivity contribution < 1.29 is 27.3 Å².